The number of amides is 1. The zero-order chi connectivity index (χ0) is 13.2. The van der Waals surface area contributed by atoms with Crippen LogP contribution in [0.3, 0.4) is 0 Å². The Kier molecular flexibility index (Phi) is 4.25. The third-order valence-electron chi connectivity index (χ3n) is 2.33. The van der Waals surface area contributed by atoms with E-state index in [4.69, 9.17) is 4.52 Å². The molecule has 4 nitrogen and oxygen atoms in total. The van der Waals surface area contributed by atoms with Crippen molar-refractivity contribution in [2.24, 2.45) is 0 Å². The topological polar surface area (TPSA) is 46.3 Å². The van der Waals surface area contributed by atoms with Crippen LogP contribution >= 0.6 is 11.8 Å². The van der Waals surface area contributed by atoms with Crippen LogP contribution in [0.4, 0.5) is 5.69 Å². The molecule has 1 aromatic rings. The first-order chi connectivity index (χ1) is 7.72. The van der Waals surface area contributed by atoms with Crippen LogP contribution in [0.1, 0.15) is 32.2 Å². The molecule has 1 heterocycles. The molecule has 0 N–H and O–H groups in total. The van der Waals surface area contributed by atoms with Gasteiger partial charge in [0.2, 0.25) is 5.91 Å². The van der Waals surface area contributed by atoms with Crippen molar-refractivity contribution in [2.45, 2.75) is 39.4 Å². The molecule has 1 rings (SSSR count). The lowest BCUT2D eigenvalue weighted by Crippen LogP contribution is -2.30. The summed E-state index contributed by atoms with van der Waals surface area (Å²) in [5, 5.41) is 3.85. The maximum atomic E-state index is 12.0. The fourth-order valence-electron chi connectivity index (χ4n) is 1.46. The fourth-order valence-corrected chi connectivity index (χ4v) is 2.21. The van der Waals surface area contributed by atoms with Crippen molar-refractivity contribution in [1.82, 2.24) is 5.16 Å². The Labute approximate surface area is 107 Å². The van der Waals surface area contributed by atoms with Crippen LogP contribution in [0.25, 0.3) is 0 Å². The fraction of sp³-hybridized carbons (Fsp3) is 0.667. The Hall–Kier alpha value is -0.970. The van der Waals surface area contributed by atoms with Crippen LogP contribution in [0, 0.1) is 13.8 Å². The van der Waals surface area contributed by atoms with Crippen LogP contribution in [-0.4, -0.2) is 28.6 Å². The molecule has 0 fully saturated rings. The predicted molar refractivity (Wildman–Crippen MR) is 71.6 cm³/mol. The Bertz CT molecular complexity index is 388. The van der Waals surface area contributed by atoms with Crippen LogP contribution in [-0.2, 0) is 4.79 Å². The molecule has 0 unspecified atom stereocenters. The molecule has 0 aromatic carbocycles. The molecular formula is C12H20N2O2S. The van der Waals surface area contributed by atoms with Gasteiger partial charge in [-0.05, 0) is 13.8 Å². The standard InChI is InChI=1S/C12H20N2O2S/c1-8-11(9(2)16-13-8)14(6)10(15)7-17-12(3,4)5/h7H2,1-6H3. The minimum absolute atomic E-state index is 0.0688. The zero-order valence-electron chi connectivity index (χ0n) is 11.3. The highest BCUT2D eigenvalue weighted by atomic mass is 32.2. The maximum Gasteiger partial charge on any atom is 0.236 e. The number of hydrogen-bond donors (Lipinski definition) is 0. The van der Waals surface area contributed by atoms with Crippen LogP contribution < -0.4 is 4.90 Å². The van der Waals surface area contributed by atoms with E-state index in [-0.39, 0.29) is 10.7 Å². The second-order valence-corrected chi connectivity index (χ2v) is 6.83. The van der Waals surface area contributed by atoms with Crippen LogP contribution in [0.5, 0.6) is 0 Å². The van der Waals surface area contributed by atoms with Crippen molar-refractivity contribution in [3.63, 3.8) is 0 Å². The van der Waals surface area contributed by atoms with Gasteiger partial charge in [0.1, 0.15) is 11.4 Å². The molecule has 1 aromatic heterocycles. The molecule has 96 valence electrons. The molecule has 0 aliphatic heterocycles. The van der Waals surface area contributed by atoms with E-state index in [9.17, 15) is 4.79 Å². The maximum absolute atomic E-state index is 12.0. The van der Waals surface area contributed by atoms with Crippen LogP contribution in [0.15, 0.2) is 4.52 Å². The lowest BCUT2D eigenvalue weighted by atomic mass is 10.3. The molecule has 0 radical (unpaired) electrons. The number of thioether (sulfide) groups is 1. The van der Waals surface area contributed by atoms with Gasteiger partial charge < -0.3 is 9.42 Å². The minimum atomic E-state index is 0.0688. The van der Waals surface area contributed by atoms with Crippen molar-refractivity contribution in [3.05, 3.63) is 11.5 Å². The quantitative estimate of drug-likeness (QED) is 0.834. The lowest BCUT2D eigenvalue weighted by Gasteiger charge is -2.21. The highest BCUT2D eigenvalue weighted by Gasteiger charge is 2.21. The van der Waals surface area contributed by atoms with Gasteiger partial charge in [-0.25, -0.2) is 0 Å². The van der Waals surface area contributed by atoms with Crippen molar-refractivity contribution in [1.29, 1.82) is 0 Å². The van der Waals surface area contributed by atoms with Gasteiger partial charge in [0.15, 0.2) is 5.76 Å². The predicted octanol–water partition coefficient (Wildman–Crippen LogP) is 2.79. The number of aromatic nitrogens is 1. The van der Waals surface area contributed by atoms with Gasteiger partial charge in [-0.15, -0.1) is 11.8 Å². The van der Waals surface area contributed by atoms with Gasteiger partial charge in [0.05, 0.1) is 5.75 Å². The molecule has 17 heavy (non-hydrogen) atoms. The average Bonchev–Trinajstić information content (AvgIpc) is 2.53. The Morgan fingerprint density at radius 3 is 2.41 bits per heavy atom. The summed E-state index contributed by atoms with van der Waals surface area (Å²) in [6.45, 7) is 9.95. The molecule has 0 saturated carbocycles. The minimum Gasteiger partial charge on any atom is -0.359 e. The summed E-state index contributed by atoms with van der Waals surface area (Å²) in [6.07, 6.45) is 0. The van der Waals surface area contributed by atoms with E-state index in [0.717, 1.165) is 11.4 Å². The number of carbonyl (C=O) groups is 1. The second-order valence-electron chi connectivity index (χ2n) is 5.03. The number of anilines is 1. The molecular weight excluding hydrogens is 236 g/mol. The number of hydrogen-bond acceptors (Lipinski definition) is 4. The van der Waals surface area contributed by atoms with Crippen molar-refractivity contribution in [3.8, 4) is 0 Å². The normalized spacial score (nSPS) is 11.6. The molecule has 0 spiro atoms. The summed E-state index contributed by atoms with van der Waals surface area (Å²) in [5.41, 5.74) is 1.53. The Morgan fingerprint density at radius 2 is 2.00 bits per heavy atom. The van der Waals surface area contributed by atoms with E-state index >= 15 is 0 Å². The van der Waals surface area contributed by atoms with Gasteiger partial charge >= 0.3 is 0 Å². The van der Waals surface area contributed by atoms with Gasteiger partial charge in [-0.2, -0.15) is 0 Å². The Morgan fingerprint density at radius 1 is 1.41 bits per heavy atom. The molecule has 0 saturated heterocycles. The van der Waals surface area contributed by atoms with Crippen LogP contribution in [0.2, 0.25) is 0 Å². The van der Waals surface area contributed by atoms with Crippen molar-refractivity contribution >= 4 is 23.4 Å². The summed E-state index contributed by atoms with van der Waals surface area (Å²) in [5.74, 6) is 1.21. The number of nitrogens with zero attached hydrogens (tertiary/aromatic N) is 2. The molecule has 0 bridgehead atoms. The summed E-state index contributed by atoms with van der Waals surface area (Å²) in [7, 11) is 1.76. The van der Waals surface area contributed by atoms with E-state index in [1.807, 2.05) is 13.8 Å². The zero-order valence-corrected chi connectivity index (χ0v) is 12.1. The average molecular weight is 256 g/mol. The van der Waals surface area contributed by atoms with Gasteiger partial charge in [-0.1, -0.05) is 25.9 Å². The third kappa shape index (κ3) is 3.77. The number of aryl methyl sites for hydroxylation is 2. The highest BCUT2D eigenvalue weighted by molar-refractivity contribution is 8.01. The largest absolute Gasteiger partial charge is 0.359 e. The monoisotopic (exact) mass is 256 g/mol. The summed E-state index contributed by atoms with van der Waals surface area (Å²) >= 11 is 1.64. The summed E-state index contributed by atoms with van der Waals surface area (Å²) < 4.78 is 5.15. The van der Waals surface area contributed by atoms with E-state index in [1.54, 1.807) is 23.7 Å². The van der Waals surface area contributed by atoms with Gasteiger partial charge in [-0.3, -0.25) is 4.79 Å². The van der Waals surface area contributed by atoms with E-state index in [2.05, 4.69) is 25.9 Å². The SMILES string of the molecule is Cc1noc(C)c1N(C)C(=O)CSC(C)(C)C. The first-order valence-electron chi connectivity index (χ1n) is 5.56. The summed E-state index contributed by atoms with van der Waals surface area (Å²) in [4.78, 5) is 13.7. The van der Waals surface area contributed by atoms with Gasteiger partial charge in [0, 0.05) is 11.8 Å². The lowest BCUT2D eigenvalue weighted by molar-refractivity contribution is -0.115. The van der Waals surface area contributed by atoms with E-state index < -0.39 is 0 Å². The van der Waals surface area contributed by atoms with E-state index in [1.165, 1.54) is 0 Å². The molecule has 5 heteroatoms. The highest BCUT2D eigenvalue weighted by Crippen LogP contribution is 2.26. The summed E-state index contributed by atoms with van der Waals surface area (Å²) in [6, 6.07) is 0. The number of rotatable bonds is 3. The third-order valence-corrected chi connectivity index (χ3v) is 3.59. The van der Waals surface area contributed by atoms with Crippen molar-refractivity contribution < 1.29 is 9.32 Å². The molecule has 0 atom stereocenters. The molecule has 0 aliphatic carbocycles. The number of carbonyl (C=O) groups excluding carboxylic acids is 1. The molecule has 0 aliphatic rings. The first-order valence-corrected chi connectivity index (χ1v) is 6.54. The molecule has 1 amide bonds. The van der Waals surface area contributed by atoms with E-state index in [0.29, 0.717) is 11.5 Å². The Balaban J connectivity index is 2.71. The first kappa shape index (κ1) is 14.1. The van der Waals surface area contributed by atoms with Crippen molar-refractivity contribution in [2.75, 3.05) is 17.7 Å². The van der Waals surface area contributed by atoms with Gasteiger partial charge in [0.25, 0.3) is 0 Å². The smallest absolute Gasteiger partial charge is 0.236 e. The second kappa shape index (κ2) is 5.12.